The van der Waals surface area contributed by atoms with Crippen molar-refractivity contribution in [1.82, 2.24) is 19.9 Å². The van der Waals surface area contributed by atoms with Gasteiger partial charge in [0.15, 0.2) is 0 Å². The van der Waals surface area contributed by atoms with Crippen LogP contribution in [-0.4, -0.2) is 103 Å². The molecule has 3 fully saturated rings. The Hall–Kier alpha value is -3.59. The van der Waals surface area contributed by atoms with Crippen LogP contribution in [0, 0.1) is 18.3 Å². The zero-order valence-corrected chi connectivity index (χ0v) is 23.8. The van der Waals surface area contributed by atoms with E-state index in [1.54, 1.807) is 6.20 Å². The van der Waals surface area contributed by atoms with Crippen molar-refractivity contribution in [3.8, 4) is 6.07 Å². The van der Waals surface area contributed by atoms with Crippen LogP contribution in [0.4, 0.5) is 21.8 Å². The number of nitrogens with two attached hydrogens (primary N) is 1. The summed E-state index contributed by atoms with van der Waals surface area (Å²) in [5.41, 5.74) is 9.38. The molecule has 0 amide bonds. The first kappa shape index (κ1) is 27.6. The Balaban J connectivity index is 1.10. The van der Waals surface area contributed by atoms with Gasteiger partial charge in [-0.2, -0.15) is 10.2 Å². The van der Waals surface area contributed by atoms with E-state index in [2.05, 4.69) is 37.7 Å². The van der Waals surface area contributed by atoms with Crippen LogP contribution in [0.15, 0.2) is 36.5 Å². The van der Waals surface area contributed by atoms with Gasteiger partial charge in [-0.25, -0.2) is 9.37 Å². The third-order valence-electron chi connectivity index (χ3n) is 8.24. The zero-order valence-electron chi connectivity index (χ0n) is 23.8. The summed E-state index contributed by atoms with van der Waals surface area (Å²) in [4.78, 5) is 22.9. The lowest BCUT2D eigenvalue weighted by Crippen LogP contribution is -2.54. The van der Waals surface area contributed by atoms with Gasteiger partial charge in [-0.3, -0.25) is 9.88 Å². The van der Waals surface area contributed by atoms with Gasteiger partial charge in [0.05, 0.1) is 29.8 Å². The summed E-state index contributed by atoms with van der Waals surface area (Å²) in [6.07, 6.45) is 1.33. The Morgan fingerprint density at radius 3 is 2.66 bits per heavy atom. The summed E-state index contributed by atoms with van der Waals surface area (Å²) in [6, 6.07) is 12.0. The van der Waals surface area contributed by atoms with Crippen LogP contribution in [0.3, 0.4) is 0 Å². The second kappa shape index (κ2) is 11.7. The number of pyridine rings is 1. The second-order valence-corrected chi connectivity index (χ2v) is 11.6. The fourth-order valence-corrected chi connectivity index (χ4v) is 6.39. The van der Waals surface area contributed by atoms with Gasteiger partial charge in [0.2, 0.25) is 5.95 Å². The van der Waals surface area contributed by atoms with Crippen molar-refractivity contribution in [2.45, 2.75) is 44.7 Å². The molecule has 41 heavy (non-hydrogen) atoms. The molecule has 3 aliphatic rings. The molecule has 4 atom stereocenters. The number of fused-ring (bicyclic) bond motifs is 1. The smallest absolute Gasteiger partial charge is 0.227 e. The van der Waals surface area contributed by atoms with E-state index in [9.17, 15) is 9.65 Å². The minimum absolute atomic E-state index is 0.0671. The van der Waals surface area contributed by atoms with Gasteiger partial charge in [0, 0.05) is 87.4 Å². The number of ether oxygens (including phenoxy) is 1. The SMILES string of the molecule is Cc1cc(N2CCN(C[C@H]3CN(c4ccc(C#N)c5ncccc45)C[C@@H](C)O3)CC2)nc(N2C[C@H](N)C[C@H](F)C2)n1. The van der Waals surface area contributed by atoms with E-state index in [1.807, 2.05) is 42.2 Å². The molecule has 0 unspecified atom stereocenters. The van der Waals surface area contributed by atoms with Crippen molar-refractivity contribution in [3.63, 3.8) is 0 Å². The van der Waals surface area contributed by atoms with Gasteiger partial charge in [-0.05, 0) is 44.5 Å². The highest BCUT2D eigenvalue weighted by atomic mass is 19.1. The summed E-state index contributed by atoms with van der Waals surface area (Å²) >= 11 is 0. The van der Waals surface area contributed by atoms with Gasteiger partial charge < -0.3 is 25.2 Å². The standard InChI is InChI=1S/C30H38FN9O/c1-20-12-28(36-30(35-20)40-16-23(31)13-24(33)17-40)38-10-8-37(9-11-38)18-25-19-39(15-21(2)41-25)27-6-5-22(14-32)29-26(27)4-3-7-34-29/h3-7,12,21,23-25H,8-11,13,15-19,33H2,1-2H3/t21-,23+,24-,25+/m1/s1. The van der Waals surface area contributed by atoms with Crippen molar-refractivity contribution in [2.75, 3.05) is 73.6 Å². The van der Waals surface area contributed by atoms with E-state index in [0.717, 1.165) is 73.9 Å². The first-order valence-electron chi connectivity index (χ1n) is 14.5. The fraction of sp³-hybridized carbons (Fsp3) is 0.533. The normalized spacial score (nSPS) is 25.9. The van der Waals surface area contributed by atoms with Crippen LogP contribution < -0.4 is 20.4 Å². The number of hydrogen-bond acceptors (Lipinski definition) is 10. The molecule has 0 aliphatic carbocycles. The minimum Gasteiger partial charge on any atom is -0.370 e. The number of piperidine rings is 1. The molecule has 11 heteroatoms. The fourth-order valence-electron chi connectivity index (χ4n) is 6.39. The molecular weight excluding hydrogens is 521 g/mol. The van der Waals surface area contributed by atoms with E-state index in [4.69, 9.17) is 15.5 Å². The first-order valence-corrected chi connectivity index (χ1v) is 14.5. The van der Waals surface area contributed by atoms with E-state index in [0.29, 0.717) is 24.5 Å². The molecule has 0 radical (unpaired) electrons. The van der Waals surface area contributed by atoms with E-state index in [1.165, 1.54) is 0 Å². The number of nitrogens with zero attached hydrogens (tertiary/aromatic N) is 8. The number of benzene rings is 1. The van der Waals surface area contributed by atoms with Crippen LogP contribution in [-0.2, 0) is 4.74 Å². The maximum atomic E-state index is 14.2. The molecule has 0 spiro atoms. The van der Waals surface area contributed by atoms with Gasteiger partial charge in [-0.15, -0.1) is 0 Å². The molecule has 1 aromatic carbocycles. The number of piperazine rings is 1. The molecule has 3 aromatic rings. The lowest BCUT2D eigenvalue weighted by atomic mass is 10.1. The van der Waals surface area contributed by atoms with Crippen molar-refractivity contribution in [1.29, 1.82) is 5.26 Å². The van der Waals surface area contributed by atoms with Crippen molar-refractivity contribution >= 4 is 28.4 Å². The Morgan fingerprint density at radius 1 is 1.05 bits per heavy atom. The van der Waals surface area contributed by atoms with E-state index in [-0.39, 0.29) is 24.8 Å². The van der Waals surface area contributed by atoms with Crippen molar-refractivity contribution < 1.29 is 9.13 Å². The Labute approximate surface area is 240 Å². The second-order valence-electron chi connectivity index (χ2n) is 11.6. The molecule has 10 nitrogen and oxygen atoms in total. The van der Waals surface area contributed by atoms with Crippen molar-refractivity contribution in [3.05, 3.63) is 47.8 Å². The molecule has 2 N–H and O–H groups in total. The highest BCUT2D eigenvalue weighted by Crippen LogP contribution is 2.30. The highest BCUT2D eigenvalue weighted by Gasteiger charge is 2.31. The lowest BCUT2D eigenvalue weighted by molar-refractivity contribution is -0.0327. The van der Waals surface area contributed by atoms with Crippen LogP contribution in [0.2, 0.25) is 0 Å². The summed E-state index contributed by atoms with van der Waals surface area (Å²) in [7, 11) is 0. The van der Waals surface area contributed by atoms with Crippen LogP contribution >= 0.6 is 0 Å². The average Bonchev–Trinajstić information content (AvgIpc) is 2.96. The number of alkyl halides is 1. The van der Waals surface area contributed by atoms with Crippen molar-refractivity contribution in [2.24, 2.45) is 5.73 Å². The topological polar surface area (TPSA) is 111 Å². The van der Waals surface area contributed by atoms with Crippen LogP contribution in [0.1, 0.15) is 24.6 Å². The summed E-state index contributed by atoms with van der Waals surface area (Å²) < 4.78 is 20.6. The molecule has 0 bridgehead atoms. The molecule has 3 aliphatic heterocycles. The summed E-state index contributed by atoms with van der Waals surface area (Å²) in [5, 5.41) is 10.5. The molecule has 2 aromatic heterocycles. The number of hydrogen-bond donors (Lipinski definition) is 1. The van der Waals surface area contributed by atoms with Crippen LogP contribution in [0.5, 0.6) is 0 Å². The third kappa shape index (κ3) is 6.05. The number of anilines is 3. The maximum Gasteiger partial charge on any atom is 0.227 e. The highest BCUT2D eigenvalue weighted by molar-refractivity contribution is 5.95. The lowest BCUT2D eigenvalue weighted by Gasteiger charge is -2.42. The quantitative estimate of drug-likeness (QED) is 0.501. The monoisotopic (exact) mass is 559 g/mol. The summed E-state index contributed by atoms with van der Waals surface area (Å²) in [5.74, 6) is 1.45. The zero-order chi connectivity index (χ0) is 28.5. The Morgan fingerprint density at radius 2 is 1.88 bits per heavy atom. The molecule has 216 valence electrons. The first-order chi connectivity index (χ1) is 19.9. The van der Waals surface area contributed by atoms with Crippen LogP contribution in [0.25, 0.3) is 10.9 Å². The predicted octanol–water partition coefficient (Wildman–Crippen LogP) is 2.50. The number of halogens is 1. The Bertz CT molecular complexity index is 1410. The molecule has 0 saturated carbocycles. The van der Waals surface area contributed by atoms with Gasteiger partial charge in [-0.1, -0.05) is 0 Å². The minimum atomic E-state index is -0.956. The summed E-state index contributed by atoms with van der Waals surface area (Å²) in [6.45, 7) is 10.9. The molecule has 5 heterocycles. The molecule has 3 saturated heterocycles. The number of aromatic nitrogens is 3. The molecular formula is C30H38FN9O. The maximum absolute atomic E-state index is 14.2. The number of nitriles is 1. The average molecular weight is 560 g/mol. The number of rotatable bonds is 5. The Kier molecular flexibility index (Phi) is 7.88. The predicted molar refractivity (Wildman–Crippen MR) is 158 cm³/mol. The van der Waals surface area contributed by atoms with Gasteiger partial charge in [0.25, 0.3) is 0 Å². The van der Waals surface area contributed by atoms with E-state index < -0.39 is 6.17 Å². The van der Waals surface area contributed by atoms with Gasteiger partial charge >= 0.3 is 0 Å². The molecule has 6 rings (SSSR count). The third-order valence-corrected chi connectivity index (χ3v) is 8.24. The van der Waals surface area contributed by atoms with E-state index >= 15 is 0 Å². The number of morpholine rings is 1. The number of aryl methyl sites for hydroxylation is 1. The largest absolute Gasteiger partial charge is 0.370 e. The van der Waals surface area contributed by atoms with Gasteiger partial charge in [0.1, 0.15) is 18.1 Å².